The molecule has 0 aliphatic carbocycles. The molecule has 0 spiro atoms. The Hall–Kier alpha value is -3.72. The van der Waals surface area contributed by atoms with Gasteiger partial charge in [-0.2, -0.15) is 9.61 Å². The van der Waals surface area contributed by atoms with Gasteiger partial charge in [-0.1, -0.05) is 78.3 Å². The Labute approximate surface area is 252 Å². The number of benzene rings is 3. The van der Waals surface area contributed by atoms with Crippen LogP contribution in [0, 0.1) is 0 Å². The lowest BCUT2D eigenvalue weighted by molar-refractivity contribution is 0.0713. The molecular weight excluding hydrogens is 600 g/mol. The first-order chi connectivity index (χ1) is 20.0. The first-order valence-electron chi connectivity index (χ1n) is 13.7. The van der Waals surface area contributed by atoms with Gasteiger partial charge in [-0.25, -0.2) is 4.98 Å². The van der Waals surface area contributed by atoms with Crippen LogP contribution in [-0.2, 0) is 13.1 Å². The molecule has 6 rings (SSSR count). The van der Waals surface area contributed by atoms with Crippen LogP contribution in [0.15, 0.2) is 89.5 Å². The van der Waals surface area contributed by atoms with E-state index in [-0.39, 0.29) is 5.91 Å². The lowest BCUT2D eigenvalue weighted by atomic mass is 9.89. The lowest BCUT2D eigenvalue weighted by Gasteiger charge is -2.32. The number of rotatable bonds is 7. The summed E-state index contributed by atoms with van der Waals surface area (Å²) in [6.45, 7) is 2.21. The highest BCUT2D eigenvalue weighted by Crippen LogP contribution is 2.35. The van der Waals surface area contributed by atoms with Crippen LogP contribution in [0.4, 0.5) is 5.82 Å². The second-order valence-electron chi connectivity index (χ2n) is 10.2. The normalized spacial score (nSPS) is 14.0. The van der Waals surface area contributed by atoms with Gasteiger partial charge >= 0.3 is 0 Å². The number of amides is 1. The number of carbonyl (C=O) groups is 1. The summed E-state index contributed by atoms with van der Waals surface area (Å²) >= 11 is 9.98. The smallest absolute Gasteiger partial charge is 0.259 e. The van der Waals surface area contributed by atoms with Gasteiger partial charge in [-0.3, -0.25) is 4.79 Å². The highest BCUT2D eigenvalue weighted by atomic mass is 79.9. The highest BCUT2D eigenvalue weighted by Gasteiger charge is 2.28. The summed E-state index contributed by atoms with van der Waals surface area (Å²) in [5.74, 6) is 0.978. The zero-order chi connectivity index (χ0) is 28.3. The van der Waals surface area contributed by atoms with Crippen LogP contribution in [0.2, 0.25) is 5.02 Å². The average Bonchev–Trinajstić information content (AvgIpc) is 3.36. The number of likely N-dealkylation sites (tertiary alicyclic amines) is 1. The fraction of sp³-hybridized carbons (Fsp3) is 0.219. The molecule has 9 heteroatoms. The minimum atomic E-state index is -0.0602. The minimum absolute atomic E-state index is 0.0602. The third-order valence-electron chi connectivity index (χ3n) is 7.71. The molecule has 1 aliphatic heterocycles. The summed E-state index contributed by atoms with van der Waals surface area (Å²) in [5, 5.41) is 9.09. The fourth-order valence-electron chi connectivity index (χ4n) is 5.53. The standard InChI is InChI=1S/C32H30BrClN6O/c33-28-29(26-12-5-4-10-24(26)18-35)38-40-30(36-19-21-7-6-11-25(34)17-21)27(20-37-31(28)40)32(41)39-15-13-23(14-16-39)22-8-2-1-3-9-22/h1-12,17,20,23,36H,13-16,18-19,35H2. The Bertz CT molecular complexity index is 1700. The summed E-state index contributed by atoms with van der Waals surface area (Å²) in [6.07, 6.45) is 3.50. The minimum Gasteiger partial charge on any atom is -0.365 e. The quantitative estimate of drug-likeness (QED) is 0.204. The van der Waals surface area contributed by atoms with E-state index >= 15 is 0 Å². The number of nitrogens with one attached hydrogen (secondary N) is 1. The van der Waals surface area contributed by atoms with Crippen molar-refractivity contribution in [3.05, 3.63) is 117 Å². The summed E-state index contributed by atoms with van der Waals surface area (Å²) < 4.78 is 2.47. The van der Waals surface area contributed by atoms with Gasteiger partial charge in [-0.05, 0) is 63.5 Å². The van der Waals surface area contributed by atoms with Crippen LogP contribution >= 0.6 is 27.5 Å². The first kappa shape index (κ1) is 27.4. The van der Waals surface area contributed by atoms with Crippen molar-refractivity contribution in [2.75, 3.05) is 18.4 Å². The Morgan fingerprint density at radius 1 is 1.02 bits per heavy atom. The monoisotopic (exact) mass is 628 g/mol. The third-order valence-corrected chi connectivity index (χ3v) is 8.68. The maximum absolute atomic E-state index is 14.0. The largest absolute Gasteiger partial charge is 0.365 e. The molecule has 0 bridgehead atoms. The molecule has 3 aromatic carbocycles. The molecule has 3 N–H and O–H groups in total. The predicted octanol–water partition coefficient (Wildman–Crippen LogP) is 6.90. The zero-order valence-electron chi connectivity index (χ0n) is 22.4. The molecule has 1 fully saturated rings. The van der Waals surface area contributed by atoms with E-state index in [1.54, 1.807) is 10.7 Å². The molecule has 1 amide bonds. The Morgan fingerprint density at radius 2 is 1.78 bits per heavy atom. The van der Waals surface area contributed by atoms with E-state index in [0.717, 1.165) is 39.7 Å². The SMILES string of the molecule is NCc1ccccc1-c1nn2c(NCc3cccc(Cl)c3)c(C(=O)N3CCC(c4ccccc4)CC3)cnc2c1Br. The molecule has 0 unspecified atom stereocenters. The highest BCUT2D eigenvalue weighted by molar-refractivity contribution is 9.10. The topological polar surface area (TPSA) is 88.5 Å². The number of anilines is 1. The van der Waals surface area contributed by atoms with E-state index in [9.17, 15) is 4.79 Å². The van der Waals surface area contributed by atoms with Gasteiger partial charge in [0.15, 0.2) is 5.65 Å². The van der Waals surface area contributed by atoms with Crippen LogP contribution in [0.1, 0.15) is 45.8 Å². The van der Waals surface area contributed by atoms with Crippen molar-refractivity contribution < 1.29 is 4.79 Å². The second kappa shape index (κ2) is 12.0. The maximum Gasteiger partial charge on any atom is 0.259 e. The number of piperidine rings is 1. The maximum atomic E-state index is 14.0. The number of nitrogens with two attached hydrogens (primary N) is 1. The molecule has 3 heterocycles. The molecule has 41 heavy (non-hydrogen) atoms. The molecule has 1 saturated heterocycles. The van der Waals surface area contributed by atoms with Crippen molar-refractivity contribution in [2.24, 2.45) is 5.73 Å². The number of aromatic nitrogens is 3. The van der Waals surface area contributed by atoms with Crippen molar-refractivity contribution >= 4 is 44.9 Å². The van der Waals surface area contributed by atoms with Crippen molar-refractivity contribution in [2.45, 2.75) is 31.8 Å². The number of hydrogen-bond acceptors (Lipinski definition) is 5. The fourth-order valence-corrected chi connectivity index (χ4v) is 6.31. The second-order valence-corrected chi connectivity index (χ2v) is 11.5. The average molecular weight is 630 g/mol. The number of nitrogens with zero attached hydrogens (tertiary/aromatic N) is 4. The number of halogens is 2. The molecule has 0 atom stereocenters. The lowest BCUT2D eigenvalue weighted by Crippen LogP contribution is -2.38. The van der Waals surface area contributed by atoms with E-state index in [1.165, 1.54) is 5.56 Å². The number of fused-ring (bicyclic) bond motifs is 1. The van der Waals surface area contributed by atoms with Gasteiger partial charge in [-0.15, -0.1) is 0 Å². The van der Waals surface area contributed by atoms with Crippen molar-refractivity contribution in [3.63, 3.8) is 0 Å². The van der Waals surface area contributed by atoms with Crippen LogP contribution in [-0.4, -0.2) is 38.5 Å². The summed E-state index contributed by atoms with van der Waals surface area (Å²) in [5.41, 5.74) is 12.1. The predicted molar refractivity (Wildman–Crippen MR) is 167 cm³/mol. The van der Waals surface area contributed by atoms with E-state index < -0.39 is 0 Å². The molecule has 1 aliphatic rings. The van der Waals surface area contributed by atoms with Gasteiger partial charge in [0.1, 0.15) is 17.1 Å². The molecule has 2 aromatic heterocycles. The van der Waals surface area contributed by atoms with Crippen molar-refractivity contribution in [1.29, 1.82) is 0 Å². The Kier molecular flexibility index (Phi) is 8.05. The summed E-state index contributed by atoms with van der Waals surface area (Å²) in [4.78, 5) is 20.6. The molecule has 0 saturated carbocycles. The Morgan fingerprint density at radius 3 is 2.54 bits per heavy atom. The van der Waals surface area contributed by atoms with Crippen LogP contribution in [0.5, 0.6) is 0 Å². The number of hydrogen-bond donors (Lipinski definition) is 2. The van der Waals surface area contributed by atoms with Gasteiger partial charge in [0.05, 0.1) is 4.47 Å². The van der Waals surface area contributed by atoms with Crippen LogP contribution < -0.4 is 11.1 Å². The van der Waals surface area contributed by atoms with Crippen LogP contribution in [0.25, 0.3) is 16.9 Å². The van der Waals surface area contributed by atoms with E-state index in [2.05, 4.69) is 45.5 Å². The third kappa shape index (κ3) is 5.60. The molecular formula is C32H30BrClN6O. The van der Waals surface area contributed by atoms with Crippen molar-refractivity contribution in [1.82, 2.24) is 19.5 Å². The zero-order valence-corrected chi connectivity index (χ0v) is 24.8. The number of carbonyl (C=O) groups excluding carboxylic acids is 1. The van der Waals surface area contributed by atoms with Gasteiger partial charge in [0, 0.05) is 43.0 Å². The van der Waals surface area contributed by atoms with E-state index in [4.69, 9.17) is 27.4 Å². The Balaban J connectivity index is 1.37. The summed E-state index contributed by atoms with van der Waals surface area (Å²) in [6, 6.07) is 26.1. The molecule has 5 aromatic rings. The van der Waals surface area contributed by atoms with Crippen molar-refractivity contribution in [3.8, 4) is 11.3 Å². The molecule has 7 nitrogen and oxygen atoms in total. The first-order valence-corrected chi connectivity index (χ1v) is 14.9. The molecule has 0 radical (unpaired) electrons. The van der Waals surface area contributed by atoms with Gasteiger partial charge in [0.25, 0.3) is 5.91 Å². The van der Waals surface area contributed by atoms with E-state index in [1.807, 2.05) is 59.5 Å². The molecule has 208 valence electrons. The van der Waals surface area contributed by atoms with Gasteiger partial charge < -0.3 is 16.0 Å². The summed E-state index contributed by atoms with van der Waals surface area (Å²) in [7, 11) is 0. The van der Waals surface area contributed by atoms with Gasteiger partial charge in [0.2, 0.25) is 0 Å². The van der Waals surface area contributed by atoms with E-state index in [0.29, 0.717) is 54.1 Å². The van der Waals surface area contributed by atoms with Crippen LogP contribution in [0.3, 0.4) is 0 Å².